The van der Waals surface area contributed by atoms with Crippen LogP contribution in [0.25, 0.3) is 0 Å². The number of nitro benzene ring substituents is 1. The van der Waals surface area contributed by atoms with Gasteiger partial charge in [-0.15, -0.1) is 11.3 Å². The van der Waals surface area contributed by atoms with Crippen LogP contribution in [-0.2, 0) is 6.54 Å². The number of non-ortho nitro benzene ring substituents is 1. The zero-order valence-electron chi connectivity index (χ0n) is 10.5. The Balaban J connectivity index is 2.22. The van der Waals surface area contributed by atoms with E-state index in [9.17, 15) is 14.9 Å². The number of thiazole rings is 1. The Morgan fingerprint density at radius 2 is 2.30 bits per heavy atom. The number of carboxylic acids is 1. The molecule has 0 radical (unpaired) electrons. The first kappa shape index (κ1) is 13.9. The number of nitrogens with zero attached hydrogens (tertiary/aromatic N) is 2. The van der Waals surface area contributed by atoms with Crippen LogP contribution in [0, 0.1) is 17.0 Å². The molecule has 0 aliphatic heterocycles. The maximum atomic E-state index is 11.1. The summed E-state index contributed by atoms with van der Waals surface area (Å²) in [5.74, 6) is -1.22. The van der Waals surface area contributed by atoms with Gasteiger partial charge < -0.3 is 10.4 Å². The van der Waals surface area contributed by atoms with Gasteiger partial charge in [-0.3, -0.25) is 10.1 Å². The maximum Gasteiger partial charge on any atom is 0.338 e. The average molecular weight is 293 g/mol. The van der Waals surface area contributed by atoms with Crippen LogP contribution >= 0.6 is 11.3 Å². The molecule has 0 unspecified atom stereocenters. The second-order valence-electron chi connectivity index (χ2n) is 4.03. The van der Waals surface area contributed by atoms with Gasteiger partial charge in [-0.2, -0.15) is 0 Å². The van der Waals surface area contributed by atoms with E-state index in [-0.39, 0.29) is 11.3 Å². The minimum Gasteiger partial charge on any atom is -0.478 e. The number of nitro groups is 1. The Morgan fingerprint density at radius 1 is 1.55 bits per heavy atom. The first-order chi connectivity index (χ1) is 9.47. The fourth-order valence-electron chi connectivity index (χ4n) is 1.63. The molecule has 0 spiro atoms. The molecule has 0 fully saturated rings. The first-order valence-corrected chi connectivity index (χ1v) is 6.52. The number of aromatic nitrogens is 1. The number of carbonyl (C=O) groups is 1. The lowest BCUT2D eigenvalue weighted by molar-refractivity contribution is -0.384. The molecule has 20 heavy (non-hydrogen) atoms. The third kappa shape index (κ3) is 3.09. The van der Waals surface area contributed by atoms with E-state index in [2.05, 4.69) is 10.3 Å². The molecule has 8 heteroatoms. The van der Waals surface area contributed by atoms with Crippen molar-refractivity contribution >= 4 is 28.7 Å². The summed E-state index contributed by atoms with van der Waals surface area (Å²) in [5, 5.41) is 25.4. The van der Waals surface area contributed by atoms with Crippen LogP contribution in [0.4, 0.5) is 11.4 Å². The minimum absolute atomic E-state index is 0.132. The molecular weight excluding hydrogens is 282 g/mol. The summed E-state index contributed by atoms with van der Waals surface area (Å²) >= 11 is 1.46. The molecule has 1 aromatic heterocycles. The van der Waals surface area contributed by atoms with E-state index in [1.54, 1.807) is 0 Å². The van der Waals surface area contributed by atoms with Crippen molar-refractivity contribution in [1.29, 1.82) is 0 Å². The number of carboxylic acid groups (broad SMARTS) is 1. The van der Waals surface area contributed by atoms with Crippen LogP contribution in [0.3, 0.4) is 0 Å². The molecule has 0 atom stereocenters. The maximum absolute atomic E-state index is 11.1. The van der Waals surface area contributed by atoms with Crippen LogP contribution in [0.5, 0.6) is 0 Å². The van der Waals surface area contributed by atoms with Crippen LogP contribution in [0.15, 0.2) is 23.6 Å². The lowest BCUT2D eigenvalue weighted by atomic mass is 10.1. The van der Waals surface area contributed by atoms with Crippen LogP contribution in [0.1, 0.15) is 21.1 Å². The monoisotopic (exact) mass is 293 g/mol. The van der Waals surface area contributed by atoms with Gasteiger partial charge in [-0.1, -0.05) is 0 Å². The van der Waals surface area contributed by atoms with Gasteiger partial charge in [0, 0.05) is 28.9 Å². The highest BCUT2D eigenvalue weighted by atomic mass is 32.1. The highest BCUT2D eigenvalue weighted by Gasteiger charge is 2.16. The predicted octanol–water partition coefficient (Wildman–Crippen LogP) is 2.67. The van der Waals surface area contributed by atoms with Crippen LogP contribution < -0.4 is 5.32 Å². The molecule has 104 valence electrons. The number of anilines is 1. The first-order valence-electron chi connectivity index (χ1n) is 5.64. The van der Waals surface area contributed by atoms with E-state index in [4.69, 9.17) is 5.11 Å². The normalized spacial score (nSPS) is 10.2. The third-order valence-electron chi connectivity index (χ3n) is 2.54. The number of aromatic carboxylic acids is 1. The van der Waals surface area contributed by atoms with Crippen molar-refractivity contribution in [3.8, 4) is 0 Å². The van der Waals surface area contributed by atoms with Gasteiger partial charge in [0.05, 0.1) is 17.0 Å². The number of aryl methyl sites for hydroxylation is 1. The summed E-state index contributed by atoms with van der Waals surface area (Å²) in [6, 6.07) is 3.70. The number of nitrogens with one attached hydrogen (secondary N) is 1. The lowest BCUT2D eigenvalue weighted by Crippen LogP contribution is -2.07. The van der Waals surface area contributed by atoms with Gasteiger partial charge in [0.2, 0.25) is 0 Å². The van der Waals surface area contributed by atoms with Gasteiger partial charge in [0.1, 0.15) is 5.01 Å². The van der Waals surface area contributed by atoms with Crippen molar-refractivity contribution < 1.29 is 14.8 Å². The van der Waals surface area contributed by atoms with Crippen molar-refractivity contribution in [2.45, 2.75) is 13.5 Å². The van der Waals surface area contributed by atoms with E-state index < -0.39 is 10.9 Å². The highest BCUT2D eigenvalue weighted by molar-refractivity contribution is 7.09. The summed E-state index contributed by atoms with van der Waals surface area (Å²) in [4.78, 5) is 25.4. The summed E-state index contributed by atoms with van der Waals surface area (Å²) < 4.78 is 0. The summed E-state index contributed by atoms with van der Waals surface area (Å²) in [6.07, 6.45) is 0. The SMILES string of the molecule is Cc1csc(CNc2ccc([N+](=O)[O-])cc2C(=O)O)n1. The number of benzene rings is 1. The zero-order valence-corrected chi connectivity index (χ0v) is 11.3. The Hall–Kier alpha value is -2.48. The fourth-order valence-corrected chi connectivity index (χ4v) is 2.34. The lowest BCUT2D eigenvalue weighted by Gasteiger charge is -2.07. The Morgan fingerprint density at radius 3 is 2.85 bits per heavy atom. The second kappa shape index (κ2) is 5.66. The molecule has 0 saturated heterocycles. The molecular formula is C12H11N3O4S. The average Bonchev–Trinajstić information content (AvgIpc) is 2.81. The number of rotatable bonds is 5. The standard InChI is InChI=1S/C12H11N3O4S/c1-7-6-20-11(14-7)5-13-10-3-2-8(15(18)19)4-9(10)12(16)17/h2-4,6,13H,5H2,1H3,(H,16,17). The molecule has 0 aliphatic rings. The topological polar surface area (TPSA) is 105 Å². The van der Waals surface area contributed by atoms with Gasteiger partial charge in [-0.05, 0) is 13.0 Å². The molecule has 0 amide bonds. The quantitative estimate of drug-likeness (QED) is 0.648. The van der Waals surface area contributed by atoms with E-state index in [1.807, 2.05) is 12.3 Å². The van der Waals surface area contributed by atoms with Crippen molar-refractivity contribution in [2.75, 3.05) is 5.32 Å². The number of hydrogen-bond acceptors (Lipinski definition) is 6. The van der Waals surface area contributed by atoms with Crippen molar-refractivity contribution in [3.63, 3.8) is 0 Å². The van der Waals surface area contributed by atoms with Gasteiger partial charge in [0.15, 0.2) is 0 Å². The van der Waals surface area contributed by atoms with E-state index in [1.165, 1.54) is 23.5 Å². The Bertz CT molecular complexity index is 668. The smallest absolute Gasteiger partial charge is 0.338 e. The molecule has 1 heterocycles. The van der Waals surface area contributed by atoms with Gasteiger partial charge in [-0.25, -0.2) is 9.78 Å². The van der Waals surface area contributed by atoms with E-state index in [0.29, 0.717) is 12.2 Å². The number of hydrogen-bond donors (Lipinski definition) is 2. The summed E-state index contributed by atoms with van der Waals surface area (Å²) in [7, 11) is 0. The van der Waals surface area contributed by atoms with Crippen molar-refractivity contribution in [1.82, 2.24) is 4.98 Å². The molecule has 0 bridgehead atoms. The highest BCUT2D eigenvalue weighted by Crippen LogP contribution is 2.23. The molecule has 7 nitrogen and oxygen atoms in total. The van der Waals surface area contributed by atoms with E-state index in [0.717, 1.165) is 16.8 Å². The third-order valence-corrected chi connectivity index (χ3v) is 3.51. The van der Waals surface area contributed by atoms with Crippen LogP contribution in [-0.4, -0.2) is 21.0 Å². The van der Waals surface area contributed by atoms with Crippen molar-refractivity contribution in [2.24, 2.45) is 0 Å². The Kier molecular flexibility index (Phi) is 3.94. The predicted molar refractivity (Wildman–Crippen MR) is 74.2 cm³/mol. The molecule has 2 N–H and O–H groups in total. The zero-order chi connectivity index (χ0) is 14.7. The van der Waals surface area contributed by atoms with Crippen molar-refractivity contribution in [3.05, 3.63) is 50.0 Å². The van der Waals surface area contributed by atoms with Crippen LogP contribution in [0.2, 0.25) is 0 Å². The molecule has 2 aromatic rings. The Labute approximate surface area is 118 Å². The molecule has 0 saturated carbocycles. The molecule has 1 aromatic carbocycles. The van der Waals surface area contributed by atoms with E-state index >= 15 is 0 Å². The van der Waals surface area contributed by atoms with Gasteiger partial charge >= 0.3 is 5.97 Å². The largest absolute Gasteiger partial charge is 0.478 e. The molecule has 0 aliphatic carbocycles. The fraction of sp³-hybridized carbons (Fsp3) is 0.167. The minimum atomic E-state index is -1.22. The van der Waals surface area contributed by atoms with Gasteiger partial charge in [0.25, 0.3) is 5.69 Å². The molecule has 2 rings (SSSR count). The summed E-state index contributed by atoms with van der Waals surface area (Å²) in [6.45, 7) is 2.24. The second-order valence-corrected chi connectivity index (χ2v) is 4.97. The summed E-state index contributed by atoms with van der Waals surface area (Å²) in [5.41, 5.74) is 0.843.